The molecular formula is C25H25N3O3. The quantitative estimate of drug-likeness (QED) is 0.434. The van der Waals surface area contributed by atoms with Gasteiger partial charge in [0.1, 0.15) is 12.4 Å². The number of anilines is 1. The maximum Gasteiger partial charge on any atom is 0.255 e. The molecule has 0 saturated heterocycles. The fraction of sp³-hybridized carbons (Fsp3) is 0.200. The Kier molecular flexibility index (Phi) is 6.29. The number of hydrogen-bond acceptors (Lipinski definition) is 4. The van der Waals surface area contributed by atoms with Crippen LogP contribution in [0.1, 0.15) is 38.6 Å². The first kappa shape index (κ1) is 20.6. The van der Waals surface area contributed by atoms with E-state index in [1.165, 1.54) is 0 Å². The van der Waals surface area contributed by atoms with Crippen LogP contribution in [0, 0.1) is 13.8 Å². The summed E-state index contributed by atoms with van der Waals surface area (Å²) in [6, 6.07) is 21.0. The van der Waals surface area contributed by atoms with Crippen molar-refractivity contribution in [3.05, 3.63) is 107 Å². The van der Waals surface area contributed by atoms with Crippen LogP contribution >= 0.6 is 0 Å². The molecule has 6 heteroatoms. The van der Waals surface area contributed by atoms with Crippen LogP contribution < -0.4 is 5.32 Å². The first-order valence-corrected chi connectivity index (χ1v) is 10.2. The molecule has 0 atom stereocenters. The van der Waals surface area contributed by atoms with Gasteiger partial charge in [-0.05, 0) is 67.4 Å². The van der Waals surface area contributed by atoms with E-state index in [0.717, 1.165) is 34.0 Å². The van der Waals surface area contributed by atoms with Crippen molar-refractivity contribution >= 4 is 11.6 Å². The van der Waals surface area contributed by atoms with Crippen molar-refractivity contribution in [2.24, 2.45) is 0 Å². The minimum atomic E-state index is -0.149. The molecule has 0 radical (unpaired) electrons. The largest absolute Gasteiger partial charge is 0.467 e. The number of rotatable bonds is 8. The minimum Gasteiger partial charge on any atom is -0.467 e. The summed E-state index contributed by atoms with van der Waals surface area (Å²) in [5.74, 6) is 0.633. The summed E-state index contributed by atoms with van der Waals surface area (Å²) in [5.41, 5.74) is 5.42. The Balaban J connectivity index is 1.38. The molecule has 0 saturated carbocycles. The predicted molar refractivity (Wildman–Crippen MR) is 119 cm³/mol. The second kappa shape index (κ2) is 9.45. The molecule has 1 N–H and O–H groups in total. The molecule has 158 valence electrons. The topological polar surface area (TPSA) is 69.3 Å². The van der Waals surface area contributed by atoms with Crippen molar-refractivity contribution in [1.82, 2.24) is 9.78 Å². The molecule has 31 heavy (non-hydrogen) atoms. The Bertz CT molecular complexity index is 1160. The monoisotopic (exact) mass is 415 g/mol. The minimum absolute atomic E-state index is 0.149. The highest BCUT2D eigenvalue weighted by atomic mass is 16.5. The summed E-state index contributed by atoms with van der Waals surface area (Å²) >= 11 is 0. The van der Waals surface area contributed by atoms with Crippen LogP contribution in [0.5, 0.6) is 0 Å². The number of nitrogens with one attached hydrogen (secondary N) is 1. The Labute approximate surface area is 181 Å². The fourth-order valence-electron chi connectivity index (χ4n) is 3.43. The summed E-state index contributed by atoms with van der Waals surface area (Å²) in [6.07, 6.45) is 1.63. The molecule has 0 bridgehead atoms. The van der Waals surface area contributed by atoms with Gasteiger partial charge < -0.3 is 14.5 Å². The highest BCUT2D eigenvalue weighted by Gasteiger charge is 2.09. The van der Waals surface area contributed by atoms with Gasteiger partial charge >= 0.3 is 0 Å². The lowest BCUT2D eigenvalue weighted by Crippen LogP contribution is -2.13. The average molecular weight is 415 g/mol. The fourth-order valence-corrected chi connectivity index (χ4v) is 3.43. The summed E-state index contributed by atoms with van der Waals surface area (Å²) in [6.45, 7) is 5.48. The van der Waals surface area contributed by atoms with Crippen molar-refractivity contribution in [2.75, 3.05) is 5.32 Å². The highest BCUT2D eigenvalue weighted by molar-refractivity contribution is 6.04. The molecule has 2 aromatic heterocycles. The van der Waals surface area contributed by atoms with Crippen molar-refractivity contribution in [3.8, 4) is 0 Å². The Morgan fingerprint density at radius 3 is 2.61 bits per heavy atom. The highest BCUT2D eigenvalue weighted by Crippen LogP contribution is 2.16. The van der Waals surface area contributed by atoms with Gasteiger partial charge in [-0.15, -0.1) is 0 Å². The van der Waals surface area contributed by atoms with Gasteiger partial charge in [-0.2, -0.15) is 5.10 Å². The van der Waals surface area contributed by atoms with E-state index in [1.54, 1.807) is 6.26 Å². The molecule has 1 amide bonds. The van der Waals surface area contributed by atoms with Crippen LogP contribution in [0.3, 0.4) is 0 Å². The number of hydrogen-bond donors (Lipinski definition) is 1. The summed E-state index contributed by atoms with van der Waals surface area (Å²) < 4.78 is 12.9. The third-order valence-electron chi connectivity index (χ3n) is 4.90. The van der Waals surface area contributed by atoms with Gasteiger partial charge in [0.2, 0.25) is 0 Å². The number of nitrogens with zero attached hydrogens (tertiary/aromatic N) is 2. The van der Waals surface area contributed by atoms with Crippen molar-refractivity contribution in [3.63, 3.8) is 0 Å². The van der Waals surface area contributed by atoms with Crippen molar-refractivity contribution < 1.29 is 13.9 Å². The number of benzene rings is 2. The van der Waals surface area contributed by atoms with Gasteiger partial charge in [0.05, 0.1) is 25.1 Å². The lowest BCUT2D eigenvalue weighted by atomic mass is 10.1. The first-order valence-electron chi connectivity index (χ1n) is 10.2. The van der Waals surface area contributed by atoms with E-state index in [-0.39, 0.29) is 5.91 Å². The van der Waals surface area contributed by atoms with Crippen LogP contribution in [0.15, 0.2) is 77.4 Å². The Hall–Kier alpha value is -3.64. The Morgan fingerprint density at radius 1 is 1.00 bits per heavy atom. The molecule has 0 spiro atoms. The van der Waals surface area contributed by atoms with Crippen LogP contribution in [-0.4, -0.2) is 15.7 Å². The smallest absolute Gasteiger partial charge is 0.255 e. The second-order valence-electron chi connectivity index (χ2n) is 7.51. The van der Waals surface area contributed by atoms with E-state index in [0.29, 0.717) is 25.3 Å². The van der Waals surface area contributed by atoms with E-state index in [2.05, 4.69) is 10.4 Å². The van der Waals surface area contributed by atoms with E-state index >= 15 is 0 Å². The number of carbonyl (C=O) groups excluding carboxylic acids is 1. The summed E-state index contributed by atoms with van der Waals surface area (Å²) in [5, 5.41) is 7.47. The van der Waals surface area contributed by atoms with Gasteiger partial charge in [0.15, 0.2) is 0 Å². The molecular weight excluding hydrogens is 390 g/mol. The van der Waals surface area contributed by atoms with E-state index in [1.807, 2.05) is 85.3 Å². The van der Waals surface area contributed by atoms with Crippen molar-refractivity contribution in [1.29, 1.82) is 0 Å². The molecule has 4 aromatic rings. The number of furan rings is 1. The molecule has 0 aliphatic rings. The molecule has 6 nitrogen and oxygen atoms in total. The van der Waals surface area contributed by atoms with Gasteiger partial charge in [-0.3, -0.25) is 9.48 Å². The maximum absolute atomic E-state index is 12.8. The number of aromatic nitrogens is 2. The van der Waals surface area contributed by atoms with Crippen LogP contribution in [0.2, 0.25) is 0 Å². The van der Waals surface area contributed by atoms with Gasteiger partial charge in [-0.25, -0.2) is 0 Å². The van der Waals surface area contributed by atoms with Gasteiger partial charge in [0.25, 0.3) is 5.91 Å². The van der Waals surface area contributed by atoms with Crippen LogP contribution in [-0.2, 0) is 24.5 Å². The average Bonchev–Trinajstić information content (AvgIpc) is 3.38. The Morgan fingerprint density at radius 2 is 1.84 bits per heavy atom. The normalized spacial score (nSPS) is 10.9. The second-order valence-corrected chi connectivity index (χ2v) is 7.51. The number of amides is 1. The van der Waals surface area contributed by atoms with E-state index in [9.17, 15) is 4.79 Å². The number of ether oxygens (including phenoxy) is 1. The van der Waals surface area contributed by atoms with Crippen molar-refractivity contribution in [2.45, 2.75) is 33.6 Å². The lowest BCUT2D eigenvalue weighted by Gasteiger charge is -2.10. The number of carbonyl (C=O) groups is 1. The van der Waals surface area contributed by atoms with Crippen LogP contribution in [0.4, 0.5) is 5.69 Å². The molecule has 0 unspecified atom stereocenters. The summed E-state index contributed by atoms with van der Waals surface area (Å²) in [7, 11) is 0. The van der Waals surface area contributed by atoms with E-state index < -0.39 is 0 Å². The standard InChI is InChI=1S/C25H25N3O3/c1-18-12-19(2)28(27-18)15-20-6-3-8-22(13-20)25(29)26-23-9-4-7-21(14-23)16-30-17-24-10-5-11-31-24/h3-14H,15-17H2,1-2H3,(H,26,29). The van der Waals surface area contributed by atoms with Gasteiger partial charge in [0, 0.05) is 16.9 Å². The molecule has 0 aliphatic heterocycles. The molecule has 0 fully saturated rings. The predicted octanol–water partition coefficient (Wildman–Crippen LogP) is 5.11. The zero-order chi connectivity index (χ0) is 21.6. The van der Waals surface area contributed by atoms with Crippen LogP contribution in [0.25, 0.3) is 0 Å². The lowest BCUT2D eigenvalue weighted by molar-refractivity contribution is 0.0929. The zero-order valence-electron chi connectivity index (χ0n) is 17.7. The molecule has 0 aliphatic carbocycles. The first-order chi connectivity index (χ1) is 15.1. The third-order valence-corrected chi connectivity index (χ3v) is 4.90. The SMILES string of the molecule is Cc1cc(C)n(Cc2cccc(C(=O)Nc3cccc(COCc4ccco4)c3)c2)n1. The van der Waals surface area contributed by atoms with E-state index in [4.69, 9.17) is 9.15 Å². The number of aryl methyl sites for hydroxylation is 2. The summed E-state index contributed by atoms with van der Waals surface area (Å²) in [4.78, 5) is 12.8. The zero-order valence-corrected chi connectivity index (χ0v) is 17.7. The van der Waals surface area contributed by atoms with Gasteiger partial charge in [-0.1, -0.05) is 24.3 Å². The third kappa shape index (κ3) is 5.49. The maximum atomic E-state index is 12.8. The molecule has 4 rings (SSSR count). The molecule has 2 aromatic carbocycles. The molecule has 2 heterocycles.